The van der Waals surface area contributed by atoms with Gasteiger partial charge in [0, 0.05) is 37.4 Å². The highest BCUT2D eigenvalue weighted by molar-refractivity contribution is 7.88. The van der Waals surface area contributed by atoms with Crippen molar-refractivity contribution in [3.63, 3.8) is 0 Å². The fourth-order valence-electron chi connectivity index (χ4n) is 2.50. The lowest BCUT2D eigenvalue weighted by atomic mass is 10.2. The quantitative estimate of drug-likeness (QED) is 0.690. The molecule has 0 aromatic heterocycles. The number of rotatable bonds is 9. The number of amides is 1. The topological polar surface area (TPSA) is 69.7 Å². The molecule has 8 heteroatoms. The summed E-state index contributed by atoms with van der Waals surface area (Å²) in [6.45, 7) is 0.821. The van der Waals surface area contributed by atoms with Crippen LogP contribution in [0.1, 0.15) is 5.56 Å². The molecule has 0 spiro atoms. The smallest absolute Gasteiger partial charge is 0.235 e. The van der Waals surface area contributed by atoms with E-state index in [1.54, 1.807) is 24.3 Å². The van der Waals surface area contributed by atoms with Gasteiger partial charge in [-0.15, -0.1) is 0 Å². The first-order valence-electron chi connectivity index (χ1n) is 8.49. The number of carbonyl (C=O) groups excluding carboxylic acids is 1. The average Bonchev–Trinajstić information content (AvgIpc) is 2.62. The monoisotopic (exact) mass is 409 g/mol. The number of hydrogen-bond acceptors (Lipinski definition) is 4. The van der Waals surface area contributed by atoms with Gasteiger partial charge in [0.2, 0.25) is 15.9 Å². The van der Waals surface area contributed by atoms with Crippen molar-refractivity contribution < 1.29 is 13.2 Å². The van der Waals surface area contributed by atoms with E-state index in [9.17, 15) is 13.2 Å². The molecule has 0 aliphatic heterocycles. The van der Waals surface area contributed by atoms with Crippen molar-refractivity contribution in [3.05, 3.63) is 65.2 Å². The molecule has 0 atom stereocenters. The molecule has 27 heavy (non-hydrogen) atoms. The van der Waals surface area contributed by atoms with Crippen molar-refractivity contribution in [1.29, 1.82) is 0 Å². The van der Waals surface area contributed by atoms with Gasteiger partial charge in [0.1, 0.15) is 0 Å². The van der Waals surface area contributed by atoms with Crippen molar-refractivity contribution in [2.24, 2.45) is 0 Å². The lowest BCUT2D eigenvalue weighted by molar-refractivity contribution is -0.121. The molecule has 146 valence electrons. The third kappa shape index (κ3) is 6.86. The molecule has 2 rings (SSSR count). The van der Waals surface area contributed by atoms with E-state index in [1.165, 1.54) is 0 Å². The van der Waals surface area contributed by atoms with Gasteiger partial charge in [0.25, 0.3) is 0 Å². The van der Waals surface area contributed by atoms with Crippen molar-refractivity contribution in [2.45, 2.75) is 6.54 Å². The standard InChI is InChI=1S/C19H24ClN3O3S/c1-22(17-9-4-3-5-10-17)13-12-21-19(24)15-23(27(2,25)26)14-16-8-6-7-11-18(16)20/h3-11H,12-15H2,1-2H3,(H,21,24). The first kappa shape index (κ1) is 21.2. The minimum Gasteiger partial charge on any atom is -0.373 e. The van der Waals surface area contributed by atoms with Gasteiger partial charge in [-0.05, 0) is 23.8 Å². The molecule has 0 aliphatic carbocycles. The SMILES string of the molecule is CN(CCNC(=O)CN(Cc1ccccc1Cl)S(C)(=O)=O)c1ccccc1. The van der Waals surface area contributed by atoms with Gasteiger partial charge in [-0.1, -0.05) is 48.0 Å². The van der Waals surface area contributed by atoms with Gasteiger partial charge in [0.05, 0.1) is 12.8 Å². The molecule has 2 aromatic rings. The number of benzene rings is 2. The number of anilines is 1. The highest BCUT2D eigenvalue weighted by Gasteiger charge is 2.21. The second kappa shape index (κ2) is 9.73. The average molecular weight is 410 g/mol. The van der Waals surface area contributed by atoms with Crippen molar-refractivity contribution in [3.8, 4) is 0 Å². The second-order valence-electron chi connectivity index (χ2n) is 6.23. The number of carbonyl (C=O) groups is 1. The summed E-state index contributed by atoms with van der Waals surface area (Å²) in [5.74, 6) is -0.353. The maximum Gasteiger partial charge on any atom is 0.235 e. The molecule has 0 unspecified atom stereocenters. The van der Waals surface area contributed by atoms with E-state index in [-0.39, 0.29) is 19.0 Å². The number of hydrogen-bond donors (Lipinski definition) is 1. The predicted octanol–water partition coefficient (Wildman–Crippen LogP) is 2.35. The summed E-state index contributed by atoms with van der Waals surface area (Å²) in [7, 11) is -1.62. The van der Waals surface area contributed by atoms with Crippen LogP contribution in [0.4, 0.5) is 5.69 Å². The van der Waals surface area contributed by atoms with Gasteiger partial charge in [-0.25, -0.2) is 8.42 Å². The van der Waals surface area contributed by atoms with Crippen molar-refractivity contribution in [2.75, 3.05) is 37.8 Å². The summed E-state index contributed by atoms with van der Waals surface area (Å²) in [6.07, 6.45) is 1.08. The Balaban J connectivity index is 1.89. The highest BCUT2D eigenvalue weighted by atomic mass is 35.5. The van der Waals surface area contributed by atoms with Crippen LogP contribution in [0.25, 0.3) is 0 Å². The van der Waals surface area contributed by atoms with E-state index < -0.39 is 10.0 Å². The van der Waals surface area contributed by atoms with Crippen LogP contribution in [0, 0.1) is 0 Å². The first-order valence-corrected chi connectivity index (χ1v) is 10.7. The van der Waals surface area contributed by atoms with Crippen LogP contribution in [0.2, 0.25) is 5.02 Å². The first-order chi connectivity index (χ1) is 12.8. The maximum atomic E-state index is 12.2. The third-order valence-electron chi connectivity index (χ3n) is 4.06. The molecule has 0 saturated heterocycles. The summed E-state index contributed by atoms with van der Waals surface area (Å²) in [5, 5.41) is 3.24. The van der Waals surface area contributed by atoms with Crippen LogP contribution in [0.5, 0.6) is 0 Å². The zero-order valence-corrected chi connectivity index (χ0v) is 17.0. The van der Waals surface area contributed by atoms with Crippen molar-refractivity contribution in [1.82, 2.24) is 9.62 Å². The fourth-order valence-corrected chi connectivity index (χ4v) is 3.42. The van der Waals surface area contributed by atoms with Gasteiger partial charge in [0.15, 0.2) is 0 Å². The molecular weight excluding hydrogens is 386 g/mol. The minimum atomic E-state index is -3.56. The summed E-state index contributed by atoms with van der Waals surface area (Å²) in [5.41, 5.74) is 1.70. The Hall–Kier alpha value is -2.09. The lowest BCUT2D eigenvalue weighted by Gasteiger charge is -2.22. The lowest BCUT2D eigenvalue weighted by Crippen LogP contribution is -2.42. The van der Waals surface area contributed by atoms with Crippen LogP contribution >= 0.6 is 11.6 Å². The Morgan fingerprint density at radius 2 is 1.70 bits per heavy atom. The Kier molecular flexibility index (Phi) is 7.65. The van der Waals surface area contributed by atoms with Gasteiger partial charge in [-0.2, -0.15) is 4.31 Å². The predicted molar refractivity (Wildman–Crippen MR) is 109 cm³/mol. The molecule has 2 aromatic carbocycles. The van der Waals surface area contributed by atoms with E-state index in [0.717, 1.165) is 16.2 Å². The fraction of sp³-hybridized carbons (Fsp3) is 0.316. The number of nitrogens with one attached hydrogen (secondary N) is 1. The summed E-state index contributed by atoms with van der Waals surface area (Å²) in [6, 6.07) is 16.8. The van der Waals surface area contributed by atoms with Crippen LogP contribution in [0.15, 0.2) is 54.6 Å². The molecule has 0 saturated carbocycles. The minimum absolute atomic E-state index is 0.0514. The third-order valence-corrected chi connectivity index (χ3v) is 5.62. The van der Waals surface area contributed by atoms with Crippen LogP contribution < -0.4 is 10.2 Å². The normalized spacial score (nSPS) is 11.4. The highest BCUT2D eigenvalue weighted by Crippen LogP contribution is 2.18. The van der Waals surface area contributed by atoms with E-state index in [2.05, 4.69) is 5.32 Å². The summed E-state index contributed by atoms with van der Waals surface area (Å²) in [4.78, 5) is 14.2. The zero-order chi connectivity index (χ0) is 19.9. The number of para-hydroxylation sites is 1. The van der Waals surface area contributed by atoms with E-state index in [1.807, 2.05) is 42.3 Å². The second-order valence-corrected chi connectivity index (χ2v) is 8.62. The molecule has 0 radical (unpaired) electrons. The largest absolute Gasteiger partial charge is 0.373 e. The molecule has 6 nitrogen and oxygen atoms in total. The van der Waals surface area contributed by atoms with Crippen molar-refractivity contribution >= 4 is 33.2 Å². The zero-order valence-electron chi connectivity index (χ0n) is 15.4. The van der Waals surface area contributed by atoms with Crippen LogP contribution in [-0.4, -0.2) is 51.6 Å². The van der Waals surface area contributed by atoms with Gasteiger partial charge < -0.3 is 10.2 Å². The van der Waals surface area contributed by atoms with Crippen LogP contribution in [-0.2, 0) is 21.4 Å². The molecule has 0 bridgehead atoms. The number of likely N-dealkylation sites (N-methyl/N-ethyl adjacent to an activating group) is 1. The van der Waals surface area contributed by atoms with E-state index in [4.69, 9.17) is 11.6 Å². The van der Waals surface area contributed by atoms with Gasteiger partial charge in [-0.3, -0.25) is 4.79 Å². The van der Waals surface area contributed by atoms with Gasteiger partial charge >= 0.3 is 0 Å². The molecule has 0 heterocycles. The molecule has 1 N–H and O–H groups in total. The Labute approximate surface area is 165 Å². The molecule has 0 fully saturated rings. The summed E-state index contributed by atoms with van der Waals surface area (Å²) >= 11 is 6.10. The summed E-state index contributed by atoms with van der Waals surface area (Å²) < 4.78 is 25.2. The Bertz CT molecular complexity index is 860. The number of nitrogens with zero attached hydrogens (tertiary/aromatic N) is 2. The maximum absolute atomic E-state index is 12.2. The molecular formula is C19H24ClN3O3S. The Morgan fingerprint density at radius 1 is 1.07 bits per heavy atom. The van der Waals surface area contributed by atoms with E-state index >= 15 is 0 Å². The van der Waals surface area contributed by atoms with E-state index in [0.29, 0.717) is 23.7 Å². The number of halogens is 1. The molecule has 1 amide bonds. The molecule has 0 aliphatic rings. The Morgan fingerprint density at radius 3 is 2.33 bits per heavy atom. The van der Waals surface area contributed by atoms with Crippen LogP contribution in [0.3, 0.4) is 0 Å². The number of sulfonamides is 1.